The number of phenolic OH excluding ortho intramolecular Hbond substituents is 1. The van der Waals surface area contributed by atoms with E-state index in [1.807, 2.05) is 6.07 Å². The number of ether oxygens (including phenoxy) is 1. The summed E-state index contributed by atoms with van der Waals surface area (Å²) in [6, 6.07) is 6.08. The molecule has 1 aliphatic heterocycles. The molecule has 3 heterocycles. The van der Waals surface area contributed by atoms with Gasteiger partial charge in [0, 0.05) is 49.6 Å². The fraction of sp³-hybridized carbons (Fsp3) is 0.375. The lowest BCUT2D eigenvalue weighted by atomic mass is 9.83. The smallest absolute Gasteiger partial charge is 0.254 e. The van der Waals surface area contributed by atoms with Crippen LogP contribution in [0.2, 0.25) is 0 Å². The van der Waals surface area contributed by atoms with Crippen LogP contribution >= 0.6 is 0 Å². The van der Waals surface area contributed by atoms with E-state index in [-0.39, 0.29) is 60.7 Å². The molecule has 0 spiro atoms. The van der Waals surface area contributed by atoms with Gasteiger partial charge in [0.15, 0.2) is 5.82 Å². The maximum atomic E-state index is 15.8. The first-order chi connectivity index (χ1) is 17.7. The molecule has 37 heavy (non-hydrogen) atoms. The molecule has 0 bridgehead atoms. The molecule has 11 nitrogen and oxygen atoms in total. The standard InChI is InChI=1S/C24H26F2N6O5/c1-36-23(35)29-22-17(21(28)34)11-32(30-22)24(3-5-27)4-6-31(12-20(24)26)10-15-8-19(33)16(9-18(15)25)14-2-7-37-13-14/h2,7-9,11,13,20,23,33,35H,3-4,6,10,12H2,1H3,(H2,28,34)(H,29,30). The van der Waals surface area contributed by atoms with Crippen LogP contribution in [-0.2, 0) is 16.8 Å². The van der Waals surface area contributed by atoms with Crippen molar-refractivity contribution in [2.75, 3.05) is 25.5 Å². The number of aromatic nitrogens is 2. The van der Waals surface area contributed by atoms with E-state index in [1.54, 1.807) is 11.0 Å². The Bertz CT molecular complexity index is 1310. The van der Waals surface area contributed by atoms with E-state index >= 15 is 4.39 Å². The predicted octanol–water partition coefficient (Wildman–Crippen LogP) is 2.27. The molecule has 0 aliphatic carbocycles. The highest BCUT2D eigenvalue weighted by Gasteiger charge is 2.46. The number of hydrogen-bond acceptors (Lipinski definition) is 9. The molecule has 5 N–H and O–H groups in total. The number of methoxy groups -OCH3 is 1. The number of aliphatic hydroxyl groups is 1. The molecule has 0 saturated carbocycles. The fourth-order valence-corrected chi connectivity index (χ4v) is 4.50. The van der Waals surface area contributed by atoms with Crippen LogP contribution in [-0.4, -0.2) is 63.6 Å². The molecule has 1 aromatic carbocycles. The summed E-state index contributed by atoms with van der Waals surface area (Å²) in [6.07, 6.45) is 0.743. The van der Waals surface area contributed by atoms with Crippen LogP contribution < -0.4 is 11.1 Å². The zero-order valence-electron chi connectivity index (χ0n) is 19.9. The number of amides is 1. The molecule has 3 aromatic rings. The normalized spacial score (nSPS) is 20.9. The van der Waals surface area contributed by atoms with E-state index in [0.29, 0.717) is 5.56 Å². The zero-order chi connectivity index (χ0) is 26.7. The number of halogens is 2. The summed E-state index contributed by atoms with van der Waals surface area (Å²) >= 11 is 0. The number of nitrogens with one attached hydrogen (secondary N) is 1. The Hall–Kier alpha value is -3.99. The average molecular weight is 517 g/mol. The highest BCUT2D eigenvalue weighted by molar-refractivity contribution is 5.97. The molecule has 1 aliphatic rings. The molecule has 196 valence electrons. The number of phenols is 1. The number of furan rings is 1. The van der Waals surface area contributed by atoms with E-state index in [2.05, 4.69) is 10.4 Å². The number of benzene rings is 1. The minimum absolute atomic E-state index is 0.0204. The van der Waals surface area contributed by atoms with Gasteiger partial charge in [-0.1, -0.05) is 0 Å². The number of primary amides is 1. The molecule has 1 fully saturated rings. The molecule has 0 radical (unpaired) electrons. The van der Waals surface area contributed by atoms with Gasteiger partial charge >= 0.3 is 0 Å². The van der Waals surface area contributed by atoms with Gasteiger partial charge in [-0.05, 0) is 24.6 Å². The van der Waals surface area contributed by atoms with Gasteiger partial charge < -0.3 is 30.4 Å². The van der Waals surface area contributed by atoms with Crippen molar-refractivity contribution in [1.82, 2.24) is 14.7 Å². The van der Waals surface area contributed by atoms with Gasteiger partial charge in [-0.3, -0.25) is 14.4 Å². The molecule has 3 atom stereocenters. The van der Waals surface area contributed by atoms with Gasteiger partial charge in [-0.15, -0.1) is 0 Å². The van der Waals surface area contributed by atoms with Crippen molar-refractivity contribution in [1.29, 1.82) is 5.26 Å². The van der Waals surface area contributed by atoms with Crippen LogP contribution in [0.1, 0.15) is 28.8 Å². The van der Waals surface area contributed by atoms with Crippen LogP contribution in [0, 0.1) is 17.1 Å². The quantitative estimate of drug-likeness (QED) is 0.313. The molecular formula is C24H26F2N6O5. The second-order valence-electron chi connectivity index (χ2n) is 8.80. The third-order valence-electron chi connectivity index (χ3n) is 6.56. The number of carbonyl (C=O) groups excluding carboxylic acids is 1. The summed E-state index contributed by atoms with van der Waals surface area (Å²) < 4.78 is 41.6. The second-order valence-corrected chi connectivity index (χ2v) is 8.80. The Labute approximate surface area is 210 Å². The summed E-state index contributed by atoms with van der Waals surface area (Å²) in [7, 11) is 1.22. The zero-order valence-corrected chi connectivity index (χ0v) is 19.9. The number of nitrogens with zero attached hydrogens (tertiary/aromatic N) is 4. The molecule has 2 aromatic heterocycles. The van der Waals surface area contributed by atoms with E-state index in [9.17, 15) is 24.7 Å². The van der Waals surface area contributed by atoms with Gasteiger partial charge in [-0.25, -0.2) is 8.78 Å². The molecule has 13 heteroatoms. The van der Waals surface area contributed by atoms with Crippen LogP contribution in [0.25, 0.3) is 11.1 Å². The van der Waals surface area contributed by atoms with E-state index in [1.165, 1.54) is 42.6 Å². The number of alkyl halides is 1. The monoisotopic (exact) mass is 516 g/mol. The number of hydrogen-bond donors (Lipinski definition) is 4. The minimum Gasteiger partial charge on any atom is -0.507 e. The number of aromatic hydroxyl groups is 1. The SMILES string of the molecule is COC(O)Nc1nn(C2(CC#N)CCN(Cc3cc(O)c(-c4ccoc4)cc3F)CC2F)cc1C(N)=O. The van der Waals surface area contributed by atoms with Gasteiger partial charge in [0.2, 0.25) is 6.41 Å². The molecule has 4 rings (SSSR count). The molecule has 1 saturated heterocycles. The van der Waals surface area contributed by atoms with E-state index in [0.717, 1.165) is 0 Å². The Balaban J connectivity index is 1.56. The van der Waals surface area contributed by atoms with Crippen LogP contribution in [0.5, 0.6) is 5.75 Å². The molecular weight excluding hydrogens is 490 g/mol. The van der Waals surface area contributed by atoms with Crippen LogP contribution in [0.4, 0.5) is 14.6 Å². The minimum atomic E-state index is -1.64. The summed E-state index contributed by atoms with van der Waals surface area (Å²) in [4.78, 5) is 13.6. The Morgan fingerprint density at radius 1 is 1.51 bits per heavy atom. The molecule has 3 unspecified atom stereocenters. The van der Waals surface area contributed by atoms with E-state index in [4.69, 9.17) is 14.9 Å². The van der Waals surface area contributed by atoms with Gasteiger partial charge in [0.1, 0.15) is 28.8 Å². The van der Waals surface area contributed by atoms with Crippen molar-refractivity contribution in [3.8, 4) is 22.9 Å². The number of nitriles is 1. The lowest BCUT2D eigenvalue weighted by Gasteiger charge is -2.43. The largest absolute Gasteiger partial charge is 0.507 e. The summed E-state index contributed by atoms with van der Waals surface area (Å²) in [5.41, 5.74) is 4.85. The number of rotatable bonds is 9. The average Bonchev–Trinajstić information content (AvgIpc) is 3.54. The van der Waals surface area contributed by atoms with Gasteiger partial charge in [-0.2, -0.15) is 10.4 Å². The predicted molar refractivity (Wildman–Crippen MR) is 126 cm³/mol. The van der Waals surface area contributed by atoms with Crippen molar-refractivity contribution in [2.45, 2.75) is 37.5 Å². The number of nitrogens with two attached hydrogens (primary N) is 1. The number of carbonyl (C=O) groups is 1. The number of likely N-dealkylation sites (tertiary alicyclic amines) is 1. The van der Waals surface area contributed by atoms with Crippen LogP contribution in [0.3, 0.4) is 0 Å². The first-order valence-corrected chi connectivity index (χ1v) is 11.3. The number of aliphatic hydroxyl groups excluding tert-OH is 1. The Kier molecular flexibility index (Phi) is 7.44. The summed E-state index contributed by atoms with van der Waals surface area (Å²) in [5, 5.41) is 36.3. The Morgan fingerprint density at radius 2 is 2.30 bits per heavy atom. The lowest BCUT2D eigenvalue weighted by Crippen LogP contribution is -2.54. The van der Waals surface area contributed by atoms with Crippen molar-refractivity contribution in [3.05, 3.63) is 53.9 Å². The summed E-state index contributed by atoms with van der Waals surface area (Å²) in [5.74, 6) is -1.70. The third-order valence-corrected chi connectivity index (χ3v) is 6.56. The van der Waals surface area contributed by atoms with Crippen molar-refractivity contribution in [3.63, 3.8) is 0 Å². The maximum Gasteiger partial charge on any atom is 0.254 e. The third kappa shape index (κ3) is 5.12. The van der Waals surface area contributed by atoms with Gasteiger partial charge in [0.25, 0.3) is 5.91 Å². The van der Waals surface area contributed by atoms with Crippen LogP contribution in [0.15, 0.2) is 41.3 Å². The van der Waals surface area contributed by atoms with Crippen molar-refractivity contribution >= 4 is 11.7 Å². The maximum absolute atomic E-state index is 15.8. The number of piperidine rings is 1. The van der Waals surface area contributed by atoms with Crippen molar-refractivity contribution < 1.29 is 32.9 Å². The van der Waals surface area contributed by atoms with Crippen molar-refractivity contribution in [2.24, 2.45) is 5.73 Å². The highest BCUT2D eigenvalue weighted by atomic mass is 19.1. The first-order valence-electron chi connectivity index (χ1n) is 11.3. The topological polar surface area (TPSA) is 163 Å². The van der Waals surface area contributed by atoms with Gasteiger partial charge in [0.05, 0.1) is 25.0 Å². The Morgan fingerprint density at radius 3 is 2.92 bits per heavy atom. The lowest BCUT2D eigenvalue weighted by molar-refractivity contribution is -0.0514. The highest BCUT2D eigenvalue weighted by Crippen LogP contribution is 2.38. The molecule has 1 amide bonds. The summed E-state index contributed by atoms with van der Waals surface area (Å²) in [6.45, 7) is 0.119. The first kappa shape index (κ1) is 26.1. The second kappa shape index (κ2) is 10.6. The van der Waals surface area contributed by atoms with E-state index < -0.39 is 29.8 Å². The number of anilines is 1. The fourth-order valence-electron chi connectivity index (χ4n) is 4.50.